The molecule has 2 heterocycles. The number of ether oxygens (including phenoxy) is 1. The number of carboxylic acid groups (broad SMARTS) is 1. The first-order valence-electron chi connectivity index (χ1n) is 8.81. The number of thiazole rings is 1. The van der Waals surface area contributed by atoms with E-state index in [1.54, 1.807) is 7.11 Å². The third-order valence-corrected chi connectivity index (χ3v) is 7.49. The molecule has 3 atom stereocenters. The van der Waals surface area contributed by atoms with E-state index in [0.29, 0.717) is 0 Å². The standard InChI is InChI=1S/C21H19NO4S2/c1-11-3-5-12(6-4-11)15-16(20(23)24)17(13-7-9-14(26-2)10-8-13)27-19-18(15)28-21(25)22-19/h3-10,15-17H,1-2H3,(H,22,25)(H,23,24)/t15-,16-,17+/m1/s1. The van der Waals surface area contributed by atoms with Gasteiger partial charge in [0.05, 0.1) is 23.3 Å². The minimum atomic E-state index is -0.870. The number of carboxylic acids is 1. The monoisotopic (exact) mass is 413 g/mol. The number of fused-ring (bicyclic) bond motifs is 1. The Kier molecular flexibility index (Phi) is 5.03. The molecule has 1 aliphatic heterocycles. The molecular weight excluding hydrogens is 394 g/mol. The highest BCUT2D eigenvalue weighted by molar-refractivity contribution is 7.99. The number of H-pyrrole nitrogens is 1. The van der Waals surface area contributed by atoms with Crippen LogP contribution in [0.15, 0.2) is 58.4 Å². The lowest BCUT2D eigenvalue weighted by molar-refractivity contribution is -0.142. The molecule has 5 nitrogen and oxygen atoms in total. The first-order chi connectivity index (χ1) is 13.5. The van der Waals surface area contributed by atoms with Gasteiger partial charge in [-0.15, -0.1) is 0 Å². The number of hydrogen-bond acceptors (Lipinski definition) is 5. The Balaban J connectivity index is 1.87. The molecule has 2 aromatic carbocycles. The summed E-state index contributed by atoms with van der Waals surface area (Å²) < 4.78 is 5.22. The molecule has 0 spiro atoms. The van der Waals surface area contributed by atoms with E-state index in [-0.39, 0.29) is 16.0 Å². The smallest absolute Gasteiger partial charge is 0.308 e. The number of rotatable bonds is 4. The number of aromatic nitrogens is 1. The number of benzene rings is 2. The van der Waals surface area contributed by atoms with Crippen LogP contribution in [-0.2, 0) is 4.79 Å². The van der Waals surface area contributed by atoms with Crippen LogP contribution in [0.1, 0.15) is 32.7 Å². The Labute approximate surface area is 170 Å². The summed E-state index contributed by atoms with van der Waals surface area (Å²) in [6, 6.07) is 15.3. The topological polar surface area (TPSA) is 79.4 Å². The van der Waals surface area contributed by atoms with Crippen molar-refractivity contribution in [2.24, 2.45) is 5.92 Å². The van der Waals surface area contributed by atoms with E-state index in [1.807, 2.05) is 55.5 Å². The lowest BCUT2D eigenvalue weighted by atomic mass is 9.80. The summed E-state index contributed by atoms with van der Waals surface area (Å²) in [7, 11) is 1.60. The van der Waals surface area contributed by atoms with Crippen LogP contribution in [-0.4, -0.2) is 23.2 Å². The summed E-state index contributed by atoms with van der Waals surface area (Å²) in [6.07, 6.45) is 0. The summed E-state index contributed by atoms with van der Waals surface area (Å²) in [6.45, 7) is 2.00. The molecule has 0 saturated carbocycles. The molecular formula is C21H19NO4S2. The molecule has 2 N–H and O–H groups in total. The van der Waals surface area contributed by atoms with Gasteiger partial charge >= 0.3 is 10.8 Å². The maximum absolute atomic E-state index is 12.4. The number of aliphatic carboxylic acids is 1. The normalized spacial score (nSPS) is 21.1. The highest BCUT2D eigenvalue weighted by atomic mass is 32.2. The van der Waals surface area contributed by atoms with Gasteiger partial charge in [-0.25, -0.2) is 0 Å². The van der Waals surface area contributed by atoms with Crippen LogP contribution in [0, 0.1) is 12.8 Å². The largest absolute Gasteiger partial charge is 0.497 e. The van der Waals surface area contributed by atoms with Gasteiger partial charge in [0.1, 0.15) is 5.75 Å². The number of carbonyl (C=O) groups is 1. The predicted molar refractivity (Wildman–Crippen MR) is 111 cm³/mol. The first-order valence-corrected chi connectivity index (χ1v) is 10.5. The predicted octanol–water partition coefficient (Wildman–Crippen LogP) is 4.43. The summed E-state index contributed by atoms with van der Waals surface area (Å²) in [5.74, 6) is -1.23. The van der Waals surface area contributed by atoms with Crippen molar-refractivity contribution in [3.8, 4) is 5.75 Å². The van der Waals surface area contributed by atoms with E-state index in [2.05, 4.69) is 4.98 Å². The lowest BCUT2D eigenvalue weighted by Crippen LogP contribution is -2.30. The van der Waals surface area contributed by atoms with Crippen molar-refractivity contribution in [3.05, 3.63) is 79.8 Å². The first kappa shape index (κ1) is 18.8. The molecule has 0 bridgehead atoms. The number of hydrogen-bond donors (Lipinski definition) is 2. The van der Waals surface area contributed by atoms with Gasteiger partial charge in [0.2, 0.25) is 0 Å². The number of thioether (sulfide) groups is 1. The van der Waals surface area contributed by atoms with Crippen LogP contribution in [0.2, 0.25) is 0 Å². The van der Waals surface area contributed by atoms with Gasteiger partial charge in [0.25, 0.3) is 0 Å². The van der Waals surface area contributed by atoms with E-state index < -0.39 is 11.9 Å². The molecule has 4 rings (SSSR count). The van der Waals surface area contributed by atoms with Gasteiger partial charge in [0, 0.05) is 10.8 Å². The molecule has 0 saturated heterocycles. The summed E-state index contributed by atoms with van der Waals surface area (Å²) in [5, 5.41) is 10.6. The molecule has 1 aromatic heterocycles. The lowest BCUT2D eigenvalue weighted by Gasteiger charge is -2.35. The molecule has 144 valence electrons. The second kappa shape index (κ2) is 7.48. The second-order valence-corrected chi connectivity index (χ2v) is 8.94. The van der Waals surface area contributed by atoms with Gasteiger partial charge in [0.15, 0.2) is 0 Å². The van der Waals surface area contributed by atoms with Crippen molar-refractivity contribution in [1.82, 2.24) is 4.98 Å². The molecule has 0 radical (unpaired) electrons. The Morgan fingerprint density at radius 2 is 1.71 bits per heavy atom. The van der Waals surface area contributed by atoms with Crippen molar-refractivity contribution >= 4 is 29.1 Å². The number of nitrogens with one attached hydrogen (secondary N) is 1. The summed E-state index contributed by atoms with van der Waals surface area (Å²) in [5.41, 5.74) is 2.91. The quantitative estimate of drug-likeness (QED) is 0.661. The molecule has 0 fully saturated rings. The van der Waals surface area contributed by atoms with Gasteiger partial charge < -0.3 is 14.8 Å². The Hall–Kier alpha value is -2.51. The molecule has 28 heavy (non-hydrogen) atoms. The van der Waals surface area contributed by atoms with Crippen molar-refractivity contribution in [2.75, 3.05) is 7.11 Å². The van der Waals surface area contributed by atoms with Crippen LogP contribution < -0.4 is 9.61 Å². The zero-order chi connectivity index (χ0) is 19.8. The maximum atomic E-state index is 12.4. The van der Waals surface area contributed by atoms with Crippen LogP contribution in [0.3, 0.4) is 0 Å². The van der Waals surface area contributed by atoms with Crippen LogP contribution in [0.25, 0.3) is 0 Å². The van der Waals surface area contributed by atoms with Crippen LogP contribution in [0.5, 0.6) is 5.75 Å². The van der Waals surface area contributed by atoms with E-state index in [0.717, 1.165) is 43.7 Å². The zero-order valence-electron chi connectivity index (χ0n) is 15.3. The summed E-state index contributed by atoms with van der Waals surface area (Å²) >= 11 is 2.52. The summed E-state index contributed by atoms with van der Waals surface area (Å²) in [4.78, 5) is 28.0. The van der Waals surface area contributed by atoms with Crippen LogP contribution >= 0.6 is 23.1 Å². The molecule has 0 unspecified atom stereocenters. The second-order valence-electron chi connectivity index (χ2n) is 6.77. The highest BCUT2D eigenvalue weighted by Crippen LogP contribution is 2.55. The van der Waals surface area contributed by atoms with Gasteiger partial charge in [-0.05, 0) is 30.2 Å². The van der Waals surface area contributed by atoms with Crippen molar-refractivity contribution in [1.29, 1.82) is 0 Å². The Bertz CT molecular complexity index is 1050. The van der Waals surface area contributed by atoms with Gasteiger partial charge in [-0.3, -0.25) is 9.59 Å². The number of methoxy groups -OCH3 is 1. The minimum absolute atomic E-state index is 0.158. The fourth-order valence-corrected chi connectivity index (χ4v) is 6.23. The maximum Gasteiger partial charge on any atom is 0.308 e. The SMILES string of the molecule is COc1ccc([C@@H]2Sc3[nH]c(=O)sc3[C@H](c3ccc(C)cc3)[C@H]2C(=O)O)cc1. The van der Waals surface area contributed by atoms with E-state index in [1.165, 1.54) is 11.8 Å². The zero-order valence-corrected chi connectivity index (χ0v) is 17.0. The fraction of sp³-hybridized carbons (Fsp3) is 0.238. The van der Waals surface area contributed by atoms with Crippen LogP contribution in [0.4, 0.5) is 0 Å². The molecule has 3 aromatic rings. The average Bonchev–Trinajstić information content (AvgIpc) is 3.07. The van der Waals surface area contributed by atoms with Gasteiger partial charge in [-0.1, -0.05) is 65.1 Å². The Morgan fingerprint density at radius 3 is 2.32 bits per heavy atom. The molecule has 0 aliphatic carbocycles. The highest BCUT2D eigenvalue weighted by Gasteiger charge is 2.45. The minimum Gasteiger partial charge on any atom is -0.497 e. The van der Waals surface area contributed by atoms with E-state index in [4.69, 9.17) is 4.74 Å². The van der Waals surface area contributed by atoms with E-state index >= 15 is 0 Å². The number of aryl methyl sites for hydroxylation is 1. The van der Waals surface area contributed by atoms with E-state index in [9.17, 15) is 14.7 Å². The molecule has 7 heteroatoms. The third kappa shape index (κ3) is 3.36. The van der Waals surface area contributed by atoms with Crippen molar-refractivity contribution < 1.29 is 14.6 Å². The fourth-order valence-electron chi connectivity index (χ4n) is 3.63. The third-order valence-electron chi connectivity index (χ3n) is 5.02. The van der Waals surface area contributed by atoms with Crippen molar-refractivity contribution in [3.63, 3.8) is 0 Å². The molecule has 0 amide bonds. The Morgan fingerprint density at radius 1 is 1.07 bits per heavy atom. The number of aromatic amines is 1. The van der Waals surface area contributed by atoms with Gasteiger partial charge in [-0.2, -0.15) is 0 Å². The van der Waals surface area contributed by atoms with Crippen molar-refractivity contribution in [2.45, 2.75) is 23.1 Å². The average molecular weight is 414 g/mol. The molecule has 1 aliphatic rings.